The van der Waals surface area contributed by atoms with Crippen molar-refractivity contribution in [1.82, 2.24) is 0 Å². The van der Waals surface area contributed by atoms with Gasteiger partial charge in [-0.1, -0.05) is 30.3 Å². The Morgan fingerprint density at radius 2 is 1.57 bits per heavy atom. The summed E-state index contributed by atoms with van der Waals surface area (Å²) in [6.07, 6.45) is 1.78. The summed E-state index contributed by atoms with van der Waals surface area (Å²) in [6, 6.07) is 14.7. The molecule has 0 aromatic heterocycles. The van der Waals surface area contributed by atoms with Gasteiger partial charge in [-0.25, -0.2) is 4.39 Å². The molecule has 5 rings (SSSR count). The third kappa shape index (κ3) is 3.27. The van der Waals surface area contributed by atoms with Gasteiger partial charge >= 0.3 is 0 Å². The van der Waals surface area contributed by atoms with Crippen LogP contribution < -0.4 is 14.7 Å². The molecule has 3 aliphatic rings. The zero-order valence-electron chi connectivity index (χ0n) is 17.0. The first-order valence-electron chi connectivity index (χ1n) is 10.7. The van der Waals surface area contributed by atoms with Crippen molar-refractivity contribution >= 4 is 17.3 Å². The second-order valence-electron chi connectivity index (χ2n) is 8.12. The molecule has 0 atom stereocenters. The van der Waals surface area contributed by atoms with Crippen molar-refractivity contribution in [2.75, 3.05) is 55.9 Å². The first-order valence-corrected chi connectivity index (χ1v) is 10.7. The first kappa shape index (κ1) is 19.5. The second kappa shape index (κ2) is 7.98. The van der Waals surface area contributed by atoms with Crippen LogP contribution in [0.1, 0.15) is 18.4 Å². The van der Waals surface area contributed by atoms with E-state index in [1.807, 2.05) is 41.3 Å². The van der Waals surface area contributed by atoms with Crippen molar-refractivity contribution in [3.8, 4) is 0 Å². The zero-order chi connectivity index (χ0) is 20.6. The van der Waals surface area contributed by atoms with E-state index in [2.05, 4.69) is 4.90 Å². The Balaban J connectivity index is 1.32. The lowest BCUT2D eigenvalue weighted by Crippen LogP contribution is -3.16. The SMILES string of the molecule is O=C1N(C[NH+]2CCN(c3ccccc3F)CC2)c2ccccc2C12OCCCCO2. The summed E-state index contributed by atoms with van der Waals surface area (Å²) in [5.74, 6) is -1.62. The fourth-order valence-corrected chi connectivity index (χ4v) is 4.66. The molecule has 2 saturated heterocycles. The van der Waals surface area contributed by atoms with Gasteiger partial charge in [-0.05, 0) is 31.0 Å². The molecule has 7 heteroatoms. The Morgan fingerprint density at radius 1 is 0.933 bits per heavy atom. The topological polar surface area (TPSA) is 46.5 Å². The van der Waals surface area contributed by atoms with Crippen LogP contribution in [0.2, 0.25) is 0 Å². The number of quaternary nitrogens is 1. The number of fused-ring (bicyclic) bond motifs is 2. The maximum Gasteiger partial charge on any atom is 0.296 e. The van der Waals surface area contributed by atoms with Crippen molar-refractivity contribution in [3.63, 3.8) is 0 Å². The summed E-state index contributed by atoms with van der Waals surface area (Å²) in [4.78, 5) is 18.7. The molecular weight excluding hydrogens is 385 g/mol. The predicted octanol–water partition coefficient (Wildman–Crippen LogP) is 1.51. The summed E-state index contributed by atoms with van der Waals surface area (Å²) in [5.41, 5.74) is 2.33. The number of nitrogens with zero attached hydrogens (tertiary/aromatic N) is 2. The van der Waals surface area contributed by atoms with Crippen molar-refractivity contribution in [3.05, 3.63) is 59.9 Å². The molecule has 3 heterocycles. The highest BCUT2D eigenvalue weighted by molar-refractivity contribution is 6.05. The van der Waals surface area contributed by atoms with E-state index in [1.165, 1.54) is 11.0 Å². The van der Waals surface area contributed by atoms with Gasteiger partial charge in [0.25, 0.3) is 11.7 Å². The molecule has 0 aliphatic carbocycles. The van der Waals surface area contributed by atoms with E-state index >= 15 is 0 Å². The normalized spacial score (nSPS) is 21.7. The smallest absolute Gasteiger partial charge is 0.296 e. The van der Waals surface area contributed by atoms with Crippen molar-refractivity contribution in [1.29, 1.82) is 0 Å². The number of benzene rings is 2. The van der Waals surface area contributed by atoms with Crippen LogP contribution in [-0.2, 0) is 20.1 Å². The molecule has 2 aromatic carbocycles. The summed E-state index contributed by atoms with van der Waals surface area (Å²) in [6.45, 7) is 4.74. The number of hydrogen-bond donors (Lipinski definition) is 1. The highest BCUT2D eigenvalue weighted by Gasteiger charge is 2.55. The molecule has 158 valence electrons. The minimum Gasteiger partial charge on any atom is -0.358 e. The Hall–Kier alpha value is -2.48. The van der Waals surface area contributed by atoms with Crippen LogP contribution >= 0.6 is 0 Å². The van der Waals surface area contributed by atoms with Crippen LogP contribution in [0.5, 0.6) is 0 Å². The number of halogens is 1. The van der Waals surface area contributed by atoms with Crippen LogP contribution in [0.25, 0.3) is 0 Å². The van der Waals surface area contributed by atoms with Crippen LogP contribution in [0.3, 0.4) is 0 Å². The summed E-state index contributed by atoms with van der Waals surface area (Å²) >= 11 is 0. The number of piperazine rings is 1. The average Bonchev–Trinajstić information content (AvgIpc) is 2.94. The van der Waals surface area contributed by atoms with Crippen molar-refractivity contribution in [2.24, 2.45) is 0 Å². The molecule has 0 radical (unpaired) electrons. The highest BCUT2D eigenvalue weighted by atomic mass is 19.1. The van der Waals surface area contributed by atoms with Crippen LogP contribution in [-0.4, -0.2) is 52.0 Å². The monoisotopic (exact) mass is 412 g/mol. The van der Waals surface area contributed by atoms with Gasteiger partial charge in [0.05, 0.1) is 50.8 Å². The summed E-state index contributed by atoms with van der Waals surface area (Å²) in [5, 5.41) is 0. The van der Waals surface area contributed by atoms with Crippen LogP contribution in [0.4, 0.5) is 15.8 Å². The van der Waals surface area contributed by atoms with Crippen LogP contribution in [0.15, 0.2) is 48.5 Å². The van der Waals surface area contributed by atoms with Gasteiger partial charge in [0.2, 0.25) is 0 Å². The summed E-state index contributed by atoms with van der Waals surface area (Å²) in [7, 11) is 0. The van der Waals surface area contributed by atoms with Gasteiger partial charge in [0.1, 0.15) is 5.82 Å². The van der Waals surface area contributed by atoms with Gasteiger partial charge in [-0.15, -0.1) is 0 Å². The highest BCUT2D eigenvalue weighted by Crippen LogP contribution is 2.44. The largest absolute Gasteiger partial charge is 0.358 e. The number of rotatable bonds is 3. The lowest BCUT2D eigenvalue weighted by molar-refractivity contribution is -0.899. The second-order valence-corrected chi connectivity index (χ2v) is 8.12. The zero-order valence-corrected chi connectivity index (χ0v) is 17.0. The number of amides is 1. The minimum absolute atomic E-state index is 0.130. The number of anilines is 2. The van der Waals surface area contributed by atoms with Crippen LogP contribution in [0, 0.1) is 5.82 Å². The Kier molecular flexibility index (Phi) is 5.18. The van der Waals surface area contributed by atoms with E-state index in [0.29, 0.717) is 25.6 Å². The lowest BCUT2D eigenvalue weighted by atomic mass is 10.1. The number of carbonyl (C=O) groups is 1. The van der Waals surface area contributed by atoms with Gasteiger partial charge in [0.15, 0.2) is 6.67 Å². The quantitative estimate of drug-likeness (QED) is 0.831. The number of hydrogen-bond acceptors (Lipinski definition) is 4. The van der Waals surface area contributed by atoms with E-state index < -0.39 is 5.79 Å². The molecule has 0 saturated carbocycles. The average molecular weight is 412 g/mol. The number of ether oxygens (including phenoxy) is 2. The Bertz CT molecular complexity index is 921. The molecule has 1 N–H and O–H groups in total. The molecule has 1 spiro atoms. The summed E-state index contributed by atoms with van der Waals surface area (Å²) < 4.78 is 26.2. The number of carbonyl (C=O) groups excluding carboxylic acids is 1. The van der Waals surface area contributed by atoms with Crippen molar-refractivity contribution < 1.29 is 23.6 Å². The van der Waals surface area contributed by atoms with E-state index in [9.17, 15) is 9.18 Å². The van der Waals surface area contributed by atoms with Gasteiger partial charge in [0, 0.05) is 5.56 Å². The lowest BCUT2D eigenvalue weighted by Gasteiger charge is -2.35. The van der Waals surface area contributed by atoms with E-state index in [1.54, 1.807) is 6.07 Å². The Labute approximate surface area is 175 Å². The first-order chi connectivity index (χ1) is 14.7. The molecule has 30 heavy (non-hydrogen) atoms. The maximum absolute atomic E-state index is 14.1. The fourth-order valence-electron chi connectivity index (χ4n) is 4.66. The van der Waals surface area contributed by atoms with E-state index in [0.717, 1.165) is 50.3 Å². The molecule has 6 nitrogen and oxygen atoms in total. The minimum atomic E-state index is -1.30. The molecular formula is C23H27FN3O3+. The third-order valence-corrected chi connectivity index (χ3v) is 6.27. The predicted molar refractivity (Wildman–Crippen MR) is 111 cm³/mol. The van der Waals surface area contributed by atoms with Gasteiger partial charge < -0.3 is 19.3 Å². The van der Waals surface area contributed by atoms with E-state index in [4.69, 9.17) is 9.47 Å². The molecule has 3 aliphatic heterocycles. The van der Waals surface area contributed by atoms with Gasteiger partial charge in [-0.2, -0.15) is 0 Å². The maximum atomic E-state index is 14.1. The van der Waals surface area contributed by atoms with Gasteiger partial charge in [-0.3, -0.25) is 9.69 Å². The van der Waals surface area contributed by atoms with Crippen molar-refractivity contribution in [2.45, 2.75) is 18.6 Å². The fraction of sp³-hybridized carbons (Fsp3) is 0.435. The van der Waals surface area contributed by atoms with E-state index in [-0.39, 0.29) is 11.7 Å². The number of nitrogens with one attached hydrogen (secondary N) is 1. The molecule has 0 unspecified atom stereocenters. The Morgan fingerprint density at radius 3 is 2.27 bits per heavy atom. The standard InChI is InChI=1S/C23H26FN3O3/c24-19-8-2-4-10-21(19)26-13-11-25(12-14-26)17-27-20-9-3-1-7-18(20)23(22(27)28)29-15-5-6-16-30-23/h1-4,7-10H,5-6,11-17H2/p+1. The molecule has 0 bridgehead atoms. The number of para-hydroxylation sites is 2. The molecule has 1 amide bonds. The molecule has 2 fully saturated rings. The molecule has 2 aromatic rings. The third-order valence-electron chi connectivity index (χ3n) is 6.27.